The molecule has 42 nitrogen and oxygen atoms in total. The SMILES string of the molecule is C=C(N)NCCC[C@H](CC(=O)CNC(=O)[C@@H](C)CCC(=O)NCCCOCCOCCOCCCNC(C)=O)C(=O)C=N.C=C(N)NCCC[C@H](N)C(=O)C=[N+]=[N-].CC(=O)NCCCOCCOCCOCCCNC(=O)CC[C@H](C)C(=O)NCC(=O)ONS.O=C1OC2(c3ccc(O)cc3Oc3cc(O)ccc32)c2ccccc21.O=C1OC2(c3ccc(O)cc3Oc3cc(O)ccc32)c2ccccc21. The van der Waals surface area contributed by atoms with Crippen molar-refractivity contribution in [1.29, 1.82) is 5.41 Å². The number of esters is 2. The lowest BCUT2D eigenvalue weighted by molar-refractivity contribution is -0.147. The van der Waals surface area contributed by atoms with Gasteiger partial charge in [-0.25, -0.2) is 14.4 Å². The van der Waals surface area contributed by atoms with Gasteiger partial charge in [0.25, 0.3) is 5.78 Å². The third-order valence-corrected chi connectivity index (χ3v) is 21.4. The summed E-state index contributed by atoms with van der Waals surface area (Å²) in [6, 6.07) is 32.5. The third-order valence-electron chi connectivity index (χ3n) is 21.3. The number of amides is 6. The van der Waals surface area contributed by atoms with Crippen molar-refractivity contribution in [3.05, 3.63) is 196 Å². The molecular formula is C97H129N15O27S. The first-order valence-corrected chi connectivity index (χ1v) is 46.0. The third kappa shape index (κ3) is 38.8. The maximum atomic E-state index is 12.5. The van der Waals surface area contributed by atoms with Crippen LogP contribution in [0.2, 0.25) is 0 Å². The Morgan fingerprint density at radius 1 is 0.464 bits per heavy atom. The number of phenolic OH excluding ortho intramolecular Hbond substituents is 4. The molecule has 4 atom stereocenters. The summed E-state index contributed by atoms with van der Waals surface area (Å²) in [4.78, 5) is 150. The van der Waals surface area contributed by atoms with Gasteiger partial charge in [-0.3, -0.25) is 43.2 Å². The van der Waals surface area contributed by atoms with Crippen molar-refractivity contribution < 1.29 is 135 Å². The number of rotatable bonds is 57. The van der Waals surface area contributed by atoms with E-state index in [1.807, 2.05) is 29.2 Å². The van der Waals surface area contributed by atoms with E-state index in [1.165, 1.54) is 62.4 Å². The van der Waals surface area contributed by atoms with Crippen LogP contribution in [-0.4, -0.2) is 246 Å². The Bertz CT molecular complexity index is 4940. The molecule has 6 aromatic carbocycles. The molecule has 43 heteroatoms. The van der Waals surface area contributed by atoms with E-state index in [-0.39, 0.29) is 102 Å². The molecule has 0 aliphatic carbocycles. The summed E-state index contributed by atoms with van der Waals surface area (Å²) in [5.74, 6) is -2.86. The highest BCUT2D eigenvalue weighted by Gasteiger charge is 2.55. The molecule has 10 rings (SSSR count). The van der Waals surface area contributed by atoms with Gasteiger partial charge in [0.15, 0.2) is 22.8 Å². The van der Waals surface area contributed by atoms with Crippen LogP contribution in [0.5, 0.6) is 46.0 Å². The van der Waals surface area contributed by atoms with Crippen LogP contribution < -0.4 is 74.1 Å². The molecule has 0 unspecified atom stereocenters. The van der Waals surface area contributed by atoms with Gasteiger partial charge in [0.05, 0.1) is 94.4 Å². The Kier molecular flexibility index (Phi) is 51.0. The monoisotopic (exact) mass is 1970 g/mol. The number of fused-ring (bicyclic) bond motifs is 12. The van der Waals surface area contributed by atoms with Gasteiger partial charge in [0.2, 0.25) is 35.4 Å². The number of ketones is 3. The first-order chi connectivity index (χ1) is 67.2. The van der Waals surface area contributed by atoms with Gasteiger partial charge in [0.1, 0.15) is 52.5 Å². The van der Waals surface area contributed by atoms with Crippen molar-refractivity contribution in [2.45, 2.75) is 128 Å². The summed E-state index contributed by atoms with van der Waals surface area (Å²) in [5.41, 5.74) is 26.8. The van der Waals surface area contributed by atoms with E-state index < -0.39 is 58.7 Å². The summed E-state index contributed by atoms with van der Waals surface area (Å²) in [6.07, 6.45) is 7.53. The van der Waals surface area contributed by atoms with Gasteiger partial charge in [-0.15, -0.1) is 0 Å². The number of carbonyl (C=O) groups excluding carboxylic acids is 12. The van der Waals surface area contributed by atoms with Crippen molar-refractivity contribution in [2.75, 3.05) is 132 Å². The number of Topliss-reactive ketones (excluding diaryl/α,β-unsaturated/α-hetero) is 3. The fourth-order valence-corrected chi connectivity index (χ4v) is 14.4. The van der Waals surface area contributed by atoms with E-state index >= 15 is 0 Å². The van der Waals surface area contributed by atoms with Crippen LogP contribution in [0.15, 0.2) is 146 Å². The zero-order valence-corrected chi connectivity index (χ0v) is 79.9. The molecule has 0 aromatic heterocycles. The predicted octanol–water partition coefficient (Wildman–Crippen LogP) is 6.00. The molecule has 6 aromatic rings. The largest absolute Gasteiger partial charge is 0.508 e. The van der Waals surface area contributed by atoms with Crippen LogP contribution >= 0.6 is 12.8 Å². The second-order valence-corrected chi connectivity index (χ2v) is 32.4. The molecule has 140 heavy (non-hydrogen) atoms. The van der Waals surface area contributed by atoms with Crippen molar-refractivity contribution >= 4 is 95.9 Å². The minimum atomic E-state index is -1.17. The molecule has 760 valence electrons. The maximum Gasteiger partial charge on any atom is 0.344 e. The van der Waals surface area contributed by atoms with Gasteiger partial charge < -0.3 is 143 Å². The highest BCUT2D eigenvalue weighted by molar-refractivity contribution is 7.77. The summed E-state index contributed by atoms with van der Waals surface area (Å²) < 4.78 is 56.0. The number of nitrogens with one attached hydrogen (secondary N) is 10. The molecule has 0 fully saturated rings. The minimum Gasteiger partial charge on any atom is -0.508 e. The van der Waals surface area contributed by atoms with Crippen molar-refractivity contribution in [3.63, 3.8) is 0 Å². The van der Waals surface area contributed by atoms with Gasteiger partial charge in [-0.05, 0) is 125 Å². The lowest BCUT2D eigenvalue weighted by Gasteiger charge is -2.36. The van der Waals surface area contributed by atoms with E-state index in [1.54, 1.807) is 62.4 Å². The van der Waals surface area contributed by atoms with Crippen LogP contribution in [0.3, 0.4) is 0 Å². The quantitative estimate of drug-likeness (QED) is 0.00304. The predicted molar refractivity (Wildman–Crippen MR) is 515 cm³/mol. The first-order valence-electron chi connectivity index (χ1n) is 45.6. The lowest BCUT2D eigenvalue weighted by Crippen LogP contribution is -2.35. The Morgan fingerprint density at radius 2 is 0.807 bits per heavy atom. The number of ether oxygens (including phenoxy) is 10. The molecule has 0 radical (unpaired) electrons. The second-order valence-electron chi connectivity index (χ2n) is 32.2. The van der Waals surface area contributed by atoms with E-state index in [9.17, 15) is 78.0 Å². The van der Waals surface area contributed by atoms with Gasteiger partial charge in [-0.1, -0.05) is 81.1 Å². The highest BCUT2D eigenvalue weighted by atomic mass is 32.1. The molecule has 2 spiro atoms. The molecule has 0 bridgehead atoms. The number of aromatic hydroxyl groups is 4. The van der Waals surface area contributed by atoms with Crippen LogP contribution in [0.25, 0.3) is 5.53 Å². The molecule has 0 saturated carbocycles. The molecule has 4 aliphatic heterocycles. The fraction of sp³-hybridized carbons (Fsp3) is 0.443. The van der Waals surface area contributed by atoms with Crippen molar-refractivity contribution in [3.8, 4) is 46.0 Å². The molecule has 4 aliphatic rings. The number of nitrogens with two attached hydrogens (primary N) is 3. The number of carbonyl (C=O) groups is 12. The standard InChI is InChI=1S/C29H52N6O8.C20H38N4O8S.2C20H12O5.C8H15N5O/c1-22(29(40)35-21-26(37)19-25(27(38)20-30)7-4-10-32-23(2)31)8-9-28(39)34-12-6-14-42-16-18-43-17-15-41-13-5-11-33-24(3)36;1-16(20(28)23-15-19(27)32-24-33)5-6-18(26)22-8-4-10-30-12-14-31-13-11-29-9-3-7-21-17(2)25;2*21-11-5-7-15-17(9-11)24-18-10-12(22)6-8-16(18)20(15)14-4-2-1-3-13(14)19(23)25-20;1-6(9)12-4-2-3-7(10)8(14)5-13-11/h20,22,25,30,32H,2,4-19,21,31H2,1,3H3,(H,33,36)(H,34,39)(H,35,40);16,24,33H,3-15H2,1-2H3,(H,21,25)(H,22,26)(H,23,28);2*1-10,21-22H;5,7,12H,1-4,9-10H2/t22-,25+;16-;;;7-/m00..0/s1. The van der Waals surface area contributed by atoms with Gasteiger partial charge in [-0.2, -0.15) is 4.79 Å². The van der Waals surface area contributed by atoms with E-state index in [4.69, 9.17) is 75.5 Å². The van der Waals surface area contributed by atoms with Crippen LogP contribution in [0.4, 0.5) is 0 Å². The second kappa shape index (κ2) is 62.1. The number of nitrogens with zero attached hydrogens (tertiary/aromatic N) is 2. The molecule has 6 amide bonds. The topological polar surface area (TPSA) is 634 Å². The highest BCUT2D eigenvalue weighted by Crippen LogP contribution is 2.59. The maximum absolute atomic E-state index is 12.5. The van der Waals surface area contributed by atoms with E-state index in [0.717, 1.165) is 19.1 Å². The first kappa shape index (κ1) is 115. The number of hydrogen-bond donors (Lipinski definition) is 18. The lowest BCUT2D eigenvalue weighted by atomic mass is 9.77. The fourth-order valence-electron chi connectivity index (χ4n) is 14.3. The van der Waals surface area contributed by atoms with Crippen LogP contribution in [0.1, 0.15) is 165 Å². The molecule has 0 saturated heterocycles. The number of phenols is 4. The van der Waals surface area contributed by atoms with Crippen LogP contribution in [-0.2, 0) is 102 Å². The van der Waals surface area contributed by atoms with Crippen molar-refractivity contribution in [2.24, 2.45) is 35.0 Å². The van der Waals surface area contributed by atoms with E-state index in [2.05, 4.69) is 78.1 Å². The minimum absolute atomic E-state index is 0.0371. The Balaban J connectivity index is 0.000000277. The zero-order chi connectivity index (χ0) is 102. The Labute approximate surface area is 816 Å². The number of hydrogen-bond acceptors (Lipinski definition) is 35. The van der Waals surface area contributed by atoms with Gasteiger partial charge >= 0.3 is 24.1 Å². The normalized spacial score (nSPS) is 13.2. The number of benzene rings is 6. The summed E-state index contributed by atoms with van der Waals surface area (Å²) >= 11 is 3.51. The van der Waals surface area contributed by atoms with Crippen molar-refractivity contribution in [1.82, 2.24) is 47.4 Å². The van der Waals surface area contributed by atoms with E-state index in [0.29, 0.717) is 255 Å². The molecule has 20 N–H and O–H groups in total. The van der Waals surface area contributed by atoms with Gasteiger partial charge in [0, 0.05) is 174 Å². The average molecular weight is 1970 g/mol. The Hall–Kier alpha value is -13.9. The van der Waals surface area contributed by atoms with Crippen LogP contribution in [0, 0.1) is 23.2 Å². The summed E-state index contributed by atoms with van der Waals surface area (Å²) in [5, 5.41) is 68.2. The number of thiol groups is 1. The smallest absolute Gasteiger partial charge is 0.344 e. The Morgan fingerprint density at radius 3 is 1.16 bits per heavy atom. The summed E-state index contributed by atoms with van der Waals surface area (Å²) in [7, 11) is 0. The average Bonchev–Trinajstić information content (AvgIpc) is 1.53. The summed E-state index contributed by atoms with van der Waals surface area (Å²) in [6.45, 7) is 21.9. The molecule has 4 heterocycles. The molecular weight excluding hydrogens is 1840 g/mol. The zero-order valence-electron chi connectivity index (χ0n) is 79.0.